The van der Waals surface area contributed by atoms with Gasteiger partial charge in [-0.2, -0.15) is 0 Å². The van der Waals surface area contributed by atoms with Gasteiger partial charge in [0.1, 0.15) is 5.82 Å². The lowest BCUT2D eigenvalue weighted by Gasteiger charge is -2.37. The molecular formula is C16H26FN3. The van der Waals surface area contributed by atoms with Gasteiger partial charge in [-0.05, 0) is 43.3 Å². The number of halogens is 1. The predicted molar refractivity (Wildman–Crippen MR) is 82.7 cm³/mol. The topological polar surface area (TPSA) is 18.5 Å². The molecule has 1 aromatic carbocycles. The van der Waals surface area contributed by atoms with Crippen LogP contribution in [0.25, 0.3) is 0 Å². The number of nitrogens with zero attached hydrogens (tertiary/aromatic N) is 2. The zero-order valence-electron chi connectivity index (χ0n) is 12.7. The van der Waals surface area contributed by atoms with E-state index in [0.29, 0.717) is 0 Å². The Balaban J connectivity index is 2.04. The Morgan fingerprint density at radius 2 is 1.90 bits per heavy atom. The van der Waals surface area contributed by atoms with Crippen LogP contribution in [0.15, 0.2) is 18.2 Å². The van der Waals surface area contributed by atoms with Crippen LogP contribution in [0.3, 0.4) is 0 Å². The molecule has 0 unspecified atom stereocenters. The summed E-state index contributed by atoms with van der Waals surface area (Å²) < 4.78 is 13.4. The molecule has 0 saturated carbocycles. The number of piperazine rings is 1. The van der Waals surface area contributed by atoms with Crippen LogP contribution in [0.2, 0.25) is 0 Å². The minimum absolute atomic E-state index is 0.147. The molecule has 0 spiro atoms. The molecule has 20 heavy (non-hydrogen) atoms. The van der Waals surface area contributed by atoms with Crippen molar-refractivity contribution in [1.29, 1.82) is 0 Å². The Morgan fingerprint density at radius 1 is 1.15 bits per heavy atom. The summed E-state index contributed by atoms with van der Waals surface area (Å²) in [6, 6.07) is 5.16. The molecule has 3 nitrogen and oxygen atoms in total. The zero-order valence-corrected chi connectivity index (χ0v) is 12.7. The fourth-order valence-corrected chi connectivity index (χ4v) is 2.79. The first-order chi connectivity index (χ1) is 9.74. The average molecular weight is 279 g/mol. The summed E-state index contributed by atoms with van der Waals surface area (Å²) in [4.78, 5) is 4.89. The van der Waals surface area contributed by atoms with Crippen molar-refractivity contribution in [2.75, 3.05) is 44.2 Å². The highest BCUT2D eigenvalue weighted by Gasteiger charge is 2.18. The van der Waals surface area contributed by atoms with E-state index in [2.05, 4.69) is 29.0 Å². The SMILES string of the molecule is CCCN1CCN(c2ccc(F)cc2CNCC)CC1. The molecule has 1 aliphatic heterocycles. The van der Waals surface area contributed by atoms with Crippen molar-refractivity contribution in [3.8, 4) is 0 Å². The molecule has 1 fully saturated rings. The fourth-order valence-electron chi connectivity index (χ4n) is 2.79. The van der Waals surface area contributed by atoms with Gasteiger partial charge < -0.3 is 10.2 Å². The van der Waals surface area contributed by atoms with Crippen molar-refractivity contribution >= 4 is 5.69 Å². The van der Waals surface area contributed by atoms with Gasteiger partial charge in [-0.3, -0.25) is 4.90 Å². The van der Waals surface area contributed by atoms with E-state index < -0.39 is 0 Å². The van der Waals surface area contributed by atoms with Crippen LogP contribution < -0.4 is 10.2 Å². The van der Waals surface area contributed by atoms with Gasteiger partial charge in [-0.1, -0.05) is 13.8 Å². The van der Waals surface area contributed by atoms with Crippen LogP contribution in [0.5, 0.6) is 0 Å². The second-order valence-electron chi connectivity index (χ2n) is 5.38. The third-order valence-electron chi connectivity index (χ3n) is 3.86. The maximum atomic E-state index is 13.4. The van der Waals surface area contributed by atoms with Gasteiger partial charge >= 0.3 is 0 Å². The van der Waals surface area contributed by atoms with E-state index in [1.165, 1.54) is 18.7 Å². The predicted octanol–water partition coefficient (Wildman–Crippen LogP) is 2.47. The van der Waals surface area contributed by atoms with Crippen molar-refractivity contribution < 1.29 is 4.39 Å². The number of benzene rings is 1. The normalized spacial score (nSPS) is 16.6. The van der Waals surface area contributed by atoms with Crippen LogP contribution in [0.1, 0.15) is 25.8 Å². The summed E-state index contributed by atoms with van der Waals surface area (Å²) in [5, 5.41) is 3.30. The third-order valence-corrected chi connectivity index (χ3v) is 3.86. The molecule has 0 atom stereocenters. The van der Waals surface area contributed by atoms with Gasteiger partial charge in [0.2, 0.25) is 0 Å². The number of rotatable bonds is 6. The summed E-state index contributed by atoms with van der Waals surface area (Å²) in [5.74, 6) is -0.147. The van der Waals surface area contributed by atoms with Crippen molar-refractivity contribution in [1.82, 2.24) is 10.2 Å². The quantitative estimate of drug-likeness (QED) is 0.863. The lowest BCUT2D eigenvalue weighted by atomic mass is 10.1. The molecule has 0 aromatic heterocycles. The Bertz CT molecular complexity index is 414. The van der Waals surface area contributed by atoms with Gasteiger partial charge in [-0.25, -0.2) is 4.39 Å². The van der Waals surface area contributed by atoms with E-state index >= 15 is 0 Å². The molecule has 2 rings (SSSR count). The summed E-state index contributed by atoms with van der Waals surface area (Å²) in [5.41, 5.74) is 2.25. The van der Waals surface area contributed by atoms with Crippen molar-refractivity contribution in [2.45, 2.75) is 26.8 Å². The molecule has 0 radical (unpaired) electrons. The molecular weight excluding hydrogens is 253 g/mol. The Morgan fingerprint density at radius 3 is 2.55 bits per heavy atom. The average Bonchev–Trinajstić information content (AvgIpc) is 2.47. The Labute approximate surface area is 121 Å². The molecule has 1 heterocycles. The second-order valence-corrected chi connectivity index (χ2v) is 5.38. The van der Waals surface area contributed by atoms with E-state index in [9.17, 15) is 4.39 Å². The van der Waals surface area contributed by atoms with E-state index in [1.807, 2.05) is 6.07 Å². The van der Waals surface area contributed by atoms with E-state index in [1.54, 1.807) is 12.1 Å². The number of anilines is 1. The largest absolute Gasteiger partial charge is 0.369 e. The third kappa shape index (κ3) is 3.93. The van der Waals surface area contributed by atoms with Crippen LogP contribution >= 0.6 is 0 Å². The van der Waals surface area contributed by atoms with Crippen LogP contribution in [0, 0.1) is 5.82 Å². The highest BCUT2D eigenvalue weighted by molar-refractivity contribution is 5.54. The Kier molecular flexibility index (Phi) is 5.80. The molecule has 0 aliphatic carbocycles. The van der Waals surface area contributed by atoms with Gasteiger partial charge in [0.15, 0.2) is 0 Å². The van der Waals surface area contributed by atoms with Crippen LogP contribution in [-0.4, -0.2) is 44.2 Å². The molecule has 1 aliphatic rings. The van der Waals surface area contributed by atoms with Crippen molar-refractivity contribution in [3.63, 3.8) is 0 Å². The maximum Gasteiger partial charge on any atom is 0.123 e. The van der Waals surface area contributed by atoms with Gasteiger partial charge in [0, 0.05) is 38.4 Å². The molecule has 0 amide bonds. The summed E-state index contributed by atoms with van der Waals surface area (Å²) in [6.45, 7) is 11.4. The van der Waals surface area contributed by atoms with E-state index in [0.717, 1.165) is 44.8 Å². The fraction of sp³-hybridized carbons (Fsp3) is 0.625. The minimum Gasteiger partial charge on any atom is -0.369 e. The van der Waals surface area contributed by atoms with E-state index in [-0.39, 0.29) is 5.82 Å². The van der Waals surface area contributed by atoms with Crippen molar-refractivity contribution in [3.05, 3.63) is 29.6 Å². The number of hydrogen-bond acceptors (Lipinski definition) is 3. The van der Waals surface area contributed by atoms with Crippen LogP contribution in [-0.2, 0) is 6.54 Å². The number of nitrogens with one attached hydrogen (secondary N) is 1. The van der Waals surface area contributed by atoms with Crippen LogP contribution in [0.4, 0.5) is 10.1 Å². The van der Waals surface area contributed by atoms with Gasteiger partial charge in [-0.15, -0.1) is 0 Å². The second kappa shape index (κ2) is 7.60. The maximum absolute atomic E-state index is 13.4. The Hall–Kier alpha value is -1.13. The summed E-state index contributed by atoms with van der Waals surface area (Å²) in [7, 11) is 0. The monoisotopic (exact) mass is 279 g/mol. The summed E-state index contributed by atoms with van der Waals surface area (Å²) >= 11 is 0. The lowest BCUT2D eigenvalue weighted by molar-refractivity contribution is 0.258. The molecule has 1 aromatic rings. The summed E-state index contributed by atoms with van der Waals surface area (Å²) in [6.07, 6.45) is 1.21. The van der Waals surface area contributed by atoms with Crippen molar-refractivity contribution in [2.24, 2.45) is 0 Å². The lowest BCUT2D eigenvalue weighted by Crippen LogP contribution is -2.46. The zero-order chi connectivity index (χ0) is 14.4. The molecule has 1 saturated heterocycles. The first-order valence-electron chi connectivity index (χ1n) is 7.71. The highest BCUT2D eigenvalue weighted by Crippen LogP contribution is 2.23. The first kappa shape index (κ1) is 15.3. The standard InChI is InChI=1S/C16H26FN3/c1-3-7-19-8-10-20(11-9-19)16-6-5-15(17)12-14(16)13-18-4-2/h5-6,12,18H,3-4,7-11,13H2,1-2H3. The molecule has 4 heteroatoms. The smallest absolute Gasteiger partial charge is 0.123 e. The molecule has 1 N–H and O–H groups in total. The molecule has 0 bridgehead atoms. The van der Waals surface area contributed by atoms with Gasteiger partial charge in [0.05, 0.1) is 0 Å². The first-order valence-corrected chi connectivity index (χ1v) is 7.71. The van der Waals surface area contributed by atoms with Gasteiger partial charge in [0.25, 0.3) is 0 Å². The van der Waals surface area contributed by atoms with E-state index in [4.69, 9.17) is 0 Å². The molecule has 112 valence electrons. The minimum atomic E-state index is -0.147. The number of hydrogen-bond donors (Lipinski definition) is 1. The highest BCUT2D eigenvalue weighted by atomic mass is 19.1.